The van der Waals surface area contributed by atoms with Crippen molar-refractivity contribution in [3.05, 3.63) is 82.9 Å². The van der Waals surface area contributed by atoms with Crippen LogP contribution in [-0.4, -0.2) is 27.2 Å². The van der Waals surface area contributed by atoms with Gasteiger partial charge in [0.1, 0.15) is 5.75 Å². The van der Waals surface area contributed by atoms with Crippen LogP contribution in [0.25, 0.3) is 0 Å². The monoisotopic (exact) mass is 414 g/mol. The normalized spacial score (nSPS) is 15.1. The van der Waals surface area contributed by atoms with E-state index in [1.54, 1.807) is 44.4 Å². The minimum Gasteiger partial charge on any atom is -0.497 e. The van der Waals surface area contributed by atoms with E-state index >= 15 is 0 Å². The summed E-state index contributed by atoms with van der Waals surface area (Å²) >= 11 is 0. The van der Waals surface area contributed by atoms with Crippen LogP contribution in [0.3, 0.4) is 0 Å². The van der Waals surface area contributed by atoms with E-state index in [2.05, 4.69) is 6.07 Å². The molecule has 0 N–H and O–H groups in total. The predicted molar refractivity (Wildman–Crippen MR) is 117 cm³/mol. The summed E-state index contributed by atoms with van der Waals surface area (Å²) in [7, 11) is 4.79. The number of carbonyl (C=O) groups is 1. The first-order valence-corrected chi connectivity index (χ1v) is 9.80. The number of fused-ring (bicyclic) bond motifs is 1. The quantitative estimate of drug-likeness (QED) is 0.624. The standard InChI is InChI=1S/C25H22N2O4/c1-29-20-9-7-17(8-10-20)25-21-14-23(31-3)22(30-2)12-18(21)13-24(28)27(25)19-6-4-5-16(11-19)15-26/h4-12,14,25H,13H2,1-3H3/t25-/m0/s1. The van der Waals surface area contributed by atoms with Gasteiger partial charge in [-0.3, -0.25) is 4.79 Å². The lowest BCUT2D eigenvalue weighted by atomic mass is 9.86. The van der Waals surface area contributed by atoms with Crippen LogP contribution in [0.5, 0.6) is 17.2 Å². The first-order chi connectivity index (χ1) is 15.1. The maximum Gasteiger partial charge on any atom is 0.232 e. The molecule has 0 bridgehead atoms. The molecule has 156 valence electrons. The van der Waals surface area contributed by atoms with Crippen molar-refractivity contribution in [1.82, 2.24) is 0 Å². The number of anilines is 1. The molecule has 0 saturated carbocycles. The Morgan fingerprint density at radius 3 is 2.29 bits per heavy atom. The van der Waals surface area contributed by atoms with Crippen LogP contribution in [0.15, 0.2) is 60.7 Å². The van der Waals surface area contributed by atoms with Gasteiger partial charge in [-0.2, -0.15) is 5.26 Å². The third kappa shape index (κ3) is 3.66. The Labute approximate surface area is 181 Å². The molecule has 0 aromatic heterocycles. The van der Waals surface area contributed by atoms with Crippen LogP contribution < -0.4 is 19.1 Å². The summed E-state index contributed by atoms with van der Waals surface area (Å²) in [6, 6.07) is 20.3. The van der Waals surface area contributed by atoms with Gasteiger partial charge in [0, 0.05) is 5.69 Å². The van der Waals surface area contributed by atoms with Gasteiger partial charge in [-0.25, -0.2) is 0 Å². The number of ether oxygens (including phenoxy) is 3. The van der Waals surface area contributed by atoms with Crippen LogP contribution in [0, 0.1) is 11.3 Å². The Hall–Kier alpha value is -3.98. The number of nitriles is 1. The van der Waals surface area contributed by atoms with Crippen LogP contribution in [-0.2, 0) is 11.2 Å². The summed E-state index contributed by atoms with van der Waals surface area (Å²) in [5.41, 5.74) is 3.92. The highest BCUT2D eigenvalue weighted by molar-refractivity contribution is 5.98. The summed E-state index contributed by atoms with van der Waals surface area (Å²) < 4.78 is 16.3. The Morgan fingerprint density at radius 2 is 1.65 bits per heavy atom. The number of nitrogens with zero attached hydrogens (tertiary/aromatic N) is 2. The van der Waals surface area contributed by atoms with Gasteiger partial charge in [-0.1, -0.05) is 18.2 Å². The van der Waals surface area contributed by atoms with Crippen molar-refractivity contribution in [1.29, 1.82) is 5.26 Å². The van der Waals surface area contributed by atoms with Crippen molar-refractivity contribution in [3.8, 4) is 23.3 Å². The van der Waals surface area contributed by atoms with Gasteiger partial charge in [0.25, 0.3) is 0 Å². The van der Waals surface area contributed by atoms with E-state index in [1.165, 1.54) is 0 Å². The van der Waals surface area contributed by atoms with E-state index in [9.17, 15) is 10.1 Å². The third-order valence-corrected chi connectivity index (χ3v) is 5.49. The molecule has 1 atom stereocenters. The average molecular weight is 414 g/mol. The Morgan fingerprint density at radius 1 is 0.935 bits per heavy atom. The fourth-order valence-corrected chi connectivity index (χ4v) is 4.01. The SMILES string of the molecule is COc1ccc([C@H]2c3cc(OC)c(OC)cc3CC(=O)N2c2cccc(C#N)c2)cc1. The molecule has 1 amide bonds. The largest absolute Gasteiger partial charge is 0.497 e. The molecule has 0 aliphatic carbocycles. The molecule has 0 radical (unpaired) electrons. The fourth-order valence-electron chi connectivity index (χ4n) is 4.01. The zero-order valence-electron chi connectivity index (χ0n) is 17.6. The van der Waals surface area contributed by atoms with Gasteiger partial charge in [0.15, 0.2) is 11.5 Å². The first kappa shape index (κ1) is 20.3. The van der Waals surface area contributed by atoms with Gasteiger partial charge < -0.3 is 19.1 Å². The molecule has 0 saturated heterocycles. The van der Waals surface area contributed by atoms with Gasteiger partial charge in [0.2, 0.25) is 5.91 Å². The minimum atomic E-state index is -0.393. The molecular formula is C25H22N2O4. The molecular weight excluding hydrogens is 392 g/mol. The molecule has 1 heterocycles. The molecule has 4 rings (SSSR count). The molecule has 3 aromatic carbocycles. The minimum absolute atomic E-state index is 0.0596. The molecule has 0 spiro atoms. The maximum atomic E-state index is 13.4. The predicted octanol–water partition coefficient (Wildman–Crippen LogP) is 4.26. The smallest absolute Gasteiger partial charge is 0.232 e. The summed E-state index contributed by atoms with van der Waals surface area (Å²) in [4.78, 5) is 15.1. The number of hydrogen-bond acceptors (Lipinski definition) is 5. The van der Waals surface area contributed by atoms with E-state index in [-0.39, 0.29) is 12.3 Å². The second-order valence-electron chi connectivity index (χ2n) is 7.18. The lowest BCUT2D eigenvalue weighted by molar-refractivity contribution is -0.118. The van der Waals surface area contributed by atoms with Gasteiger partial charge in [0.05, 0.1) is 45.4 Å². The fraction of sp³-hybridized carbons (Fsp3) is 0.200. The zero-order valence-corrected chi connectivity index (χ0v) is 17.6. The van der Waals surface area contributed by atoms with Crippen molar-refractivity contribution in [2.75, 3.05) is 26.2 Å². The zero-order chi connectivity index (χ0) is 22.0. The summed E-state index contributed by atoms with van der Waals surface area (Å²) in [5.74, 6) is 1.86. The van der Waals surface area contributed by atoms with Crippen molar-refractivity contribution < 1.29 is 19.0 Å². The Kier molecular flexibility index (Phi) is 5.50. The first-order valence-electron chi connectivity index (χ1n) is 9.80. The number of rotatable bonds is 5. The second-order valence-corrected chi connectivity index (χ2v) is 7.18. The Balaban J connectivity index is 1.94. The number of hydrogen-bond donors (Lipinski definition) is 0. The summed E-state index contributed by atoms with van der Waals surface area (Å²) in [5, 5.41) is 9.35. The molecule has 6 heteroatoms. The molecule has 3 aromatic rings. The van der Waals surface area contributed by atoms with Crippen LogP contribution >= 0.6 is 0 Å². The molecule has 1 aliphatic rings. The number of methoxy groups -OCH3 is 3. The second kappa shape index (κ2) is 8.41. The highest BCUT2D eigenvalue weighted by atomic mass is 16.5. The Bertz CT molecular complexity index is 1170. The van der Waals surface area contributed by atoms with Crippen molar-refractivity contribution in [2.24, 2.45) is 0 Å². The molecule has 1 aliphatic heterocycles. The van der Waals surface area contributed by atoms with Crippen molar-refractivity contribution in [3.63, 3.8) is 0 Å². The number of amides is 1. The highest BCUT2D eigenvalue weighted by Gasteiger charge is 2.36. The molecule has 31 heavy (non-hydrogen) atoms. The summed E-state index contributed by atoms with van der Waals surface area (Å²) in [6.45, 7) is 0. The molecule has 0 unspecified atom stereocenters. The van der Waals surface area contributed by atoms with E-state index in [1.807, 2.05) is 42.5 Å². The molecule has 0 fully saturated rings. The number of carbonyl (C=O) groups excluding carboxylic acids is 1. The van der Waals surface area contributed by atoms with Crippen LogP contribution in [0.2, 0.25) is 0 Å². The van der Waals surface area contributed by atoms with Crippen LogP contribution in [0.4, 0.5) is 5.69 Å². The van der Waals surface area contributed by atoms with E-state index < -0.39 is 6.04 Å². The van der Waals surface area contributed by atoms with Gasteiger partial charge >= 0.3 is 0 Å². The van der Waals surface area contributed by atoms with Gasteiger partial charge in [-0.15, -0.1) is 0 Å². The highest BCUT2D eigenvalue weighted by Crippen LogP contribution is 2.43. The third-order valence-electron chi connectivity index (χ3n) is 5.49. The van der Waals surface area contributed by atoms with Gasteiger partial charge in [-0.05, 0) is 59.2 Å². The maximum absolute atomic E-state index is 13.4. The molecule has 6 nitrogen and oxygen atoms in total. The van der Waals surface area contributed by atoms with E-state index in [0.29, 0.717) is 22.7 Å². The number of benzene rings is 3. The average Bonchev–Trinajstić information content (AvgIpc) is 2.82. The van der Waals surface area contributed by atoms with E-state index in [0.717, 1.165) is 22.4 Å². The summed E-state index contributed by atoms with van der Waals surface area (Å²) in [6.07, 6.45) is 0.221. The van der Waals surface area contributed by atoms with Crippen molar-refractivity contribution >= 4 is 11.6 Å². The lowest BCUT2D eigenvalue weighted by Gasteiger charge is -2.38. The van der Waals surface area contributed by atoms with E-state index in [4.69, 9.17) is 14.2 Å². The van der Waals surface area contributed by atoms with Crippen molar-refractivity contribution in [2.45, 2.75) is 12.5 Å². The lowest BCUT2D eigenvalue weighted by Crippen LogP contribution is -2.41. The van der Waals surface area contributed by atoms with Crippen LogP contribution in [0.1, 0.15) is 28.3 Å². The topological polar surface area (TPSA) is 71.8 Å².